The summed E-state index contributed by atoms with van der Waals surface area (Å²) in [5.74, 6) is -1.30. The molecule has 3 aromatic rings. The van der Waals surface area contributed by atoms with Crippen LogP contribution in [0.15, 0.2) is 108 Å². The van der Waals surface area contributed by atoms with Crippen LogP contribution in [-0.2, 0) is 13.9 Å². The molecule has 2 aromatic heterocycles. The zero-order valence-electron chi connectivity index (χ0n) is 31.3. The van der Waals surface area contributed by atoms with Gasteiger partial charge >= 0.3 is 7.75 Å². The van der Waals surface area contributed by atoms with Gasteiger partial charge in [-0.2, -0.15) is 4.98 Å². The van der Waals surface area contributed by atoms with Gasteiger partial charge in [-0.25, -0.2) is 19.0 Å². The molecule has 2 heterocycles. The van der Waals surface area contributed by atoms with Crippen LogP contribution in [0.4, 0.5) is 10.3 Å². The van der Waals surface area contributed by atoms with Crippen molar-refractivity contribution in [2.45, 2.75) is 76.9 Å². The lowest BCUT2D eigenvalue weighted by Crippen LogP contribution is -2.32. The van der Waals surface area contributed by atoms with E-state index in [1.807, 2.05) is 0 Å². The minimum absolute atomic E-state index is 0.0401. The van der Waals surface area contributed by atoms with Gasteiger partial charge in [-0.3, -0.25) is 19.1 Å². The molecule has 0 aliphatic heterocycles. The first kappa shape index (κ1) is 42.9. The van der Waals surface area contributed by atoms with Gasteiger partial charge in [0, 0.05) is 25.4 Å². The first-order valence-electron chi connectivity index (χ1n) is 18.7. The van der Waals surface area contributed by atoms with E-state index in [2.05, 4.69) is 99.6 Å². The van der Waals surface area contributed by atoms with Gasteiger partial charge in [-0.15, -0.1) is 0 Å². The fourth-order valence-corrected chi connectivity index (χ4v) is 7.22. The number of hydrogen-bond donors (Lipinski definition) is 5. The molecule has 1 fully saturated rings. The van der Waals surface area contributed by atoms with Crippen molar-refractivity contribution in [1.29, 1.82) is 0 Å². The highest BCUT2D eigenvalue weighted by Gasteiger charge is 2.40. The van der Waals surface area contributed by atoms with Crippen molar-refractivity contribution in [1.82, 2.24) is 29.9 Å². The molecule has 1 aromatic carbocycles. The maximum absolute atomic E-state index is 13.9. The monoisotopic (exact) mass is 777 g/mol. The molecule has 1 saturated carbocycles. The number of fused-ring (bicyclic) bond motifs is 1. The summed E-state index contributed by atoms with van der Waals surface area (Å²) < 4.78 is 40.6. The van der Waals surface area contributed by atoms with Gasteiger partial charge in [0.2, 0.25) is 11.9 Å². The minimum atomic E-state index is -4.10. The molecule has 4 rings (SSSR count). The van der Waals surface area contributed by atoms with Crippen molar-refractivity contribution in [3.05, 3.63) is 120 Å². The van der Waals surface area contributed by atoms with Crippen LogP contribution in [0.2, 0.25) is 0 Å². The van der Waals surface area contributed by atoms with Crippen molar-refractivity contribution in [2.24, 2.45) is 5.92 Å². The number of nitrogen functional groups attached to an aromatic ring is 1. The van der Waals surface area contributed by atoms with Crippen LogP contribution in [0.3, 0.4) is 0 Å². The highest BCUT2D eigenvalue weighted by atomic mass is 31.2. The second-order valence-electron chi connectivity index (χ2n) is 13.0. The highest BCUT2D eigenvalue weighted by molar-refractivity contribution is 7.52. The second-order valence-corrected chi connectivity index (χ2v) is 14.7. The number of rotatable bonds is 23. The second kappa shape index (κ2) is 22.5. The Kier molecular flexibility index (Phi) is 17.5. The molecule has 13 nitrogen and oxygen atoms in total. The summed E-state index contributed by atoms with van der Waals surface area (Å²) in [6.45, 7) is 6.22. The average Bonchev–Trinajstić information content (AvgIpc) is 3.70. The van der Waals surface area contributed by atoms with Crippen molar-refractivity contribution in [3.63, 3.8) is 0 Å². The van der Waals surface area contributed by atoms with E-state index in [0.29, 0.717) is 18.4 Å². The number of H-pyrrole nitrogens is 1. The molecular weight excluding hydrogens is 724 g/mol. The smallest absolute Gasteiger partial charge is 0.413 e. The van der Waals surface area contributed by atoms with Crippen LogP contribution in [0.25, 0.3) is 11.2 Å². The summed E-state index contributed by atoms with van der Waals surface area (Å²) in [6.07, 6.45) is 28.7. The molecule has 6 N–H and O–H groups in total. The van der Waals surface area contributed by atoms with E-state index < -0.39 is 37.2 Å². The maximum atomic E-state index is 13.9. The molecule has 1 aliphatic carbocycles. The lowest BCUT2D eigenvalue weighted by atomic mass is 10.0. The number of amides is 1. The number of allylic oxidation sites excluding steroid dienone is 10. The predicted octanol–water partition coefficient (Wildman–Crippen LogP) is 7.15. The molecule has 0 saturated heterocycles. The molecule has 4 atom stereocenters. The summed E-state index contributed by atoms with van der Waals surface area (Å²) in [6, 6.07) is 4.46. The lowest BCUT2D eigenvalue weighted by molar-refractivity contribution is -0.121. The van der Waals surface area contributed by atoms with Gasteiger partial charge in [0.05, 0.1) is 25.1 Å². The van der Waals surface area contributed by atoms with E-state index in [-0.39, 0.29) is 54.9 Å². The number of aliphatic hydroxyl groups excluding tert-OH is 1. The van der Waals surface area contributed by atoms with Crippen molar-refractivity contribution >= 4 is 30.8 Å². The predicted molar refractivity (Wildman–Crippen MR) is 215 cm³/mol. The summed E-state index contributed by atoms with van der Waals surface area (Å²) in [5, 5.41) is 16.5. The summed E-state index contributed by atoms with van der Waals surface area (Å²) in [5.41, 5.74) is 6.12. The van der Waals surface area contributed by atoms with E-state index in [0.717, 1.165) is 50.7 Å². The van der Waals surface area contributed by atoms with Crippen LogP contribution >= 0.6 is 7.75 Å². The summed E-state index contributed by atoms with van der Waals surface area (Å²) in [4.78, 5) is 35.5. The van der Waals surface area contributed by atoms with Gasteiger partial charge < -0.3 is 25.2 Å². The Morgan fingerprint density at radius 3 is 2.35 bits per heavy atom. The zero-order chi connectivity index (χ0) is 39.5. The third-order valence-electron chi connectivity index (χ3n) is 8.77. The molecule has 296 valence electrons. The molecule has 1 aliphatic rings. The number of nitrogens with one attached hydrogen (secondary N) is 3. The lowest BCUT2D eigenvalue weighted by Gasteiger charge is -2.23. The Morgan fingerprint density at radius 1 is 1.05 bits per heavy atom. The Morgan fingerprint density at radius 2 is 1.69 bits per heavy atom. The molecular formula is C40H53FN7O6P. The van der Waals surface area contributed by atoms with Gasteiger partial charge in [-0.1, -0.05) is 74.3 Å². The van der Waals surface area contributed by atoms with Crippen LogP contribution in [-0.4, -0.2) is 56.3 Å². The molecule has 1 amide bonds. The molecule has 15 heteroatoms. The molecule has 0 radical (unpaired) electrons. The molecule has 0 bridgehead atoms. The van der Waals surface area contributed by atoms with Crippen LogP contribution in [0.1, 0.15) is 70.8 Å². The van der Waals surface area contributed by atoms with E-state index in [1.165, 1.54) is 18.5 Å². The number of aromatic amines is 1. The fourth-order valence-electron chi connectivity index (χ4n) is 5.87. The molecule has 55 heavy (non-hydrogen) atoms. The first-order valence-corrected chi connectivity index (χ1v) is 20.2. The largest absolute Gasteiger partial charge is 0.458 e. The first-order chi connectivity index (χ1) is 26.6. The molecule has 2 unspecified atom stereocenters. The van der Waals surface area contributed by atoms with E-state index in [1.54, 1.807) is 4.57 Å². The standard InChI is InChI=1S/C40H53FN7O6P/c1-3-4-5-6-7-8-9-10-11-12-13-14-15-16-17-18-19-20-36(50)43-25-26-45-55(52,54-32-23-21-31(41)22-24-32)53-28-33-30(2)34(27-35(33)49)48-29-44-37-38(48)46-40(42)47-39(37)51/h4-5,7-8,10-11,13-14,16-17,21-24,29,33-35,49H,2-3,6,9,12,15,18-20,25-28H2,1H3,(H,43,50)(H,45,52)(H3,42,46,47,51)/b5-4-,8-7-,11-10-,14-13-,17-16-/t33-,34?,35-,55?/m0/s1. The number of carbonyl (C=O) groups is 1. The van der Waals surface area contributed by atoms with Crippen molar-refractivity contribution in [2.75, 3.05) is 25.4 Å². The number of halogens is 1. The zero-order valence-corrected chi connectivity index (χ0v) is 32.2. The number of nitrogens with zero attached hydrogens (tertiary/aromatic N) is 3. The SMILES string of the molecule is C=C1C(n2cnc3c(=O)[nH]c(N)nc32)C[C@H](O)[C@H]1COP(=O)(NCCNC(=O)CCC/C=C\C/C=C\C/C=C\C/C=C\C/C=C\CC)Oc1ccc(F)cc1. The fraction of sp³-hybridized carbons (Fsp3) is 0.400. The third-order valence-corrected chi connectivity index (χ3v) is 10.3. The summed E-state index contributed by atoms with van der Waals surface area (Å²) in [7, 11) is -4.10. The number of hydrogen-bond acceptors (Lipinski definition) is 9. The van der Waals surface area contributed by atoms with Gasteiger partial charge in [0.15, 0.2) is 11.2 Å². The number of benzene rings is 1. The topological polar surface area (TPSA) is 186 Å². The summed E-state index contributed by atoms with van der Waals surface area (Å²) >= 11 is 0. The number of nitrogens with two attached hydrogens (primary N) is 1. The number of anilines is 1. The highest BCUT2D eigenvalue weighted by Crippen LogP contribution is 2.47. The Hall–Kier alpha value is -4.88. The van der Waals surface area contributed by atoms with Crippen LogP contribution in [0.5, 0.6) is 5.75 Å². The molecule has 0 spiro atoms. The van der Waals surface area contributed by atoms with Gasteiger partial charge in [-0.05, 0) is 81.2 Å². The van der Waals surface area contributed by atoms with E-state index in [9.17, 15) is 23.7 Å². The Balaban J connectivity index is 1.19. The van der Waals surface area contributed by atoms with E-state index >= 15 is 0 Å². The third kappa shape index (κ3) is 14.0. The van der Waals surface area contributed by atoms with Crippen molar-refractivity contribution in [3.8, 4) is 5.75 Å². The normalized spacial score (nSPS) is 18.9. The van der Waals surface area contributed by atoms with Crippen LogP contribution < -0.4 is 26.2 Å². The number of aliphatic hydroxyl groups is 1. The maximum Gasteiger partial charge on any atom is 0.458 e. The number of carbonyl (C=O) groups excluding carboxylic acids is 1. The Labute approximate surface area is 321 Å². The van der Waals surface area contributed by atoms with Gasteiger partial charge in [0.25, 0.3) is 5.56 Å². The number of unbranched alkanes of at least 4 members (excludes halogenated alkanes) is 1. The Bertz CT molecular complexity index is 1950. The number of imidazole rings is 1. The van der Waals surface area contributed by atoms with E-state index in [4.69, 9.17) is 14.8 Å². The average molecular weight is 778 g/mol. The van der Waals surface area contributed by atoms with Crippen molar-refractivity contribution < 1.29 is 27.9 Å². The van der Waals surface area contributed by atoms with Crippen LogP contribution in [0, 0.1) is 11.7 Å². The van der Waals surface area contributed by atoms with Gasteiger partial charge in [0.1, 0.15) is 11.6 Å². The number of aromatic nitrogens is 4. The quantitative estimate of drug-likeness (QED) is 0.0376. The minimum Gasteiger partial charge on any atom is -0.413 e.